The zero-order chi connectivity index (χ0) is 22.6. The summed E-state index contributed by atoms with van der Waals surface area (Å²) in [6, 6.07) is 5.13. The van der Waals surface area contributed by atoms with Gasteiger partial charge in [-0.3, -0.25) is 9.78 Å². The molecule has 2 aromatic rings. The second-order valence-electron chi connectivity index (χ2n) is 9.89. The van der Waals surface area contributed by atoms with E-state index in [2.05, 4.69) is 25.8 Å². The summed E-state index contributed by atoms with van der Waals surface area (Å²) in [6.07, 6.45) is 2.84. The zero-order valence-electron chi connectivity index (χ0n) is 18.5. The highest BCUT2D eigenvalue weighted by Gasteiger charge is 2.58. The Morgan fingerprint density at radius 2 is 2.06 bits per heavy atom. The molecule has 5 atom stereocenters. The predicted molar refractivity (Wildman–Crippen MR) is 113 cm³/mol. The van der Waals surface area contributed by atoms with Crippen LogP contribution >= 0.6 is 0 Å². The molecule has 1 fully saturated rings. The van der Waals surface area contributed by atoms with E-state index in [0.29, 0.717) is 24.2 Å². The molecule has 0 saturated heterocycles. The van der Waals surface area contributed by atoms with Crippen LogP contribution in [0.5, 0.6) is 5.75 Å². The molecule has 1 saturated carbocycles. The summed E-state index contributed by atoms with van der Waals surface area (Å²) in [5.74, 6) is -0.0795. The molecule has 0 spiro atoms. The molecule has 0 bridgehead atoms. The molecule has 0 amide bonds. The fourth-order valence-corrected chi connectivity index (χ4v) is 4.95. The molecule has 1 aliphatic heterocycles. The fourth-order valence-electron chi connectivity index (χ4n) is 4.95. The molecule has 3 heterocycles. The number of fused-ring (bicyclic) bond motifs is 2. The minimum absolute atomic E-state index is 0.0609. The van der Waals surface area contributed by atoms with Crippen LogP contribution in [0.1, 0.15) is 59.1 Å². The Morgan fingerprint density at radius 1 is 1.32 bits per heavy atom. The van der Waals surface area contributed by atoms with Gasteiger partial charge in [0.15, 0.2) is 0 Å². The number of ether oxygens (including phenoxy) is 2. The van der Waals surface area contributed by atoms with Crippen molar-refractivity contribution in [3.63, 3.8) is 0 Å². The largest absolute Gasteiger partial charge is 0.482 e. The van der Waals surface area contributed by atoms with Crippen molar-refractivity contribution in [1.82, 2.24) is 4.98 Å². The van der Waals surface area contributed by atoms with Gasteiger partial charge < -0.3 is 19.0 Å². The number of aliphatic hydroxyl groups is 1. The van der Waals surface area contributed by atoms with Gasteiger partial charge >= 0.3 is 11.6 Å². The summed E-state index contributed by atoms with van der Waals surface area (Å²) in [5, 5.41) is 11.3. The lowest BCUT2D eigenvalue weighted by atomic mass is 9.60. The van der Waals surface area contributed by atoms with E-state index in [1.54, 1.807) is 30.6 Å². The Bertz CT molecular complexity index is 1040. The lowest BCUT2D eigenvalue weighted by molar-refractivity contribution is -0.197. The highest BCUT2D eigenvalue weighted by Crippen LogP contribution is 2.54. The lowest BCUT2D eigenvalue weighted by Crippen LogP contribution is -2.61. The van der Waals surface area contributed by atoms with Gasteiger partial charge in [0.25, 0.3) is 0 Å². The van der Waals surface area contributed by atoms with Crippen LogP contribution in [0.2, 0.25) is 0 Å². The Labute approximate surface area is 181 Å². The summed E-state index contributed by atoms with van der Waals surface area (Å²) in [5.41, 5.74) is -0.922. The van der Waals surface area contributed by atoms with Gasteiger partial charge in [0.05, 0.1) is 6.10 Å². The number of hydrogen-bond donors (Lipinski definition) is 1. The maximum Gasteiger partial charge on any atom is 0.345 e. The Balaban J connectivity index is 1.81. The van der Waals surface area contributed by atoms with Crippen molar-refractivity contribution in [2.45, 2.75) is 65.3 Å². The molecular formula is C24H29NO6. The number of esters is 1. The molecule has 7 heteroatoms. The normalized spacial score (nSPS) is 30.0. The quantitative estimate of drug-likeness (QED) is 0.726. The van der Waals surface area contributed by atoms with Crippen LogP contribution in [0.4, 0.5) is 0 Å². The third-order valence-electron chi connectivity index (χ3n) is 6.85. The number of pyridine rings is 1. The molecule has 166 valence electrons. The van der Waals surface area contributed by atoms with Crippen molar-refractivity contribution in [2.75, 3.05) is 0 Å². The van der Waals surface area contributed by atoms with Gasteiger partial charge in [-0.25, -0.2) is 4.79 Å². The molecule has 31 heavy (non-hydrogen) atoms. The van der Waals surface area contributed by atoms with Crippen LogP contribution < -0.4 is 10.4 Å². The fraction of sp³-hybridized carbons (Fsp3) is 0.542. The summed E-state index contributed by atoms with van der Waals surface area (Å²) in [7, 11) is 0. The average Bonchev–Trinajstić information content (AvgIpc) is 2.68. The van der Waals surface area contributed by atoms with E-state index in [0.717, 1.165) is 0 Å². The molecule has 0 radical (unpaired) electrons. The van der Waals surface area contributed by atoms with Crippen LogP contribution in [-0.2, 0) is 9.53 Å². The van der Waals surface area contributed by atoms with Crippen LogP contribution in [0.15, 0.2) is 39.8 Å². The number of carbonyl (C=O) groups is 1. The molecule has 7 nitrogen and oxygen atoms in total. The van der Waals surface area contributed by atoms with Gasteiger partial charge in [-0.05, 0) is 43.2 Å². The summed E-state index contributed by atoms with van der Waals surface area (Å²) >= 11 is 0. The van der Waals surface area contributed by atoms with Gasteiger partial charge in [-0.15, -0.1) is 0 Å². The Kier molecular flexibility index (Phi) is 5.20. The summed E-state index contributed by atoms with van der Waals surface area (Å²) < 4.78 is 17.6. The first-order chi connectivity index (χ1) is 14.5. The van der Waals surface area contributed by atoms with E-state index >= 15 is 0 Å². The first-order valence-electron chi connectivity index (χ1n) is 10.6. The van der Waals surface area contributed by atoms with Gasteiger partial charge in [-0.2, -0.15) is 0 Å². The van der Waals surface area contributed by atoms with Crippen molar-refractivity contribution >= 4 is 5.97 Å². The number of aromatic nitrogens is 1. The van der Waals surface area contributed by atoms with E-state index in [-0.39, 0.29) is 22.6 Å². The van der Waals surface area contributed by atoms with Crippen molar-refractivity contribution in [1.29, 1.82) is 0 Å². The first-order valence-corrected chi connectivity index (χ1v) is 10.6. The monoisotopic (exact) mass is 427 g/mol. The number of nitrogens with zero attached hydrogens (tertiary/aromatic N) is 1. The zero-order valence-corrected chi connectivity index (χ0v) is 18.5. The Morgan fingerprint density at radius 3 is 2.68 bits per heavy atom. The smallest absolute Gasteiger partial charge is 0.345 e. The standard InChI is InChI=1S/C24H29NO6/c1-13(26)29-19-10-15(23(2,3)4)9-16-21(27)20-18(31-24(16,19)5)11-17(30-22(20)28)14-7-6-8-25-12-14/h6-8,11-12,15-16,19,21,27H,9-10H2,1-5H3/t15-,16-,19-,21-,24-/m0/s1. The number of carbonyl (C=O) groups excluding carboxylic acids is 1. The van der Waals surface area contributed by atoms with E-state index in [1.165, 1.54) is 6.92 Å². The van der Waals surface area contributed by atoms with Gasteiger partial charge in [0, 0.05) is 36.9 Å². The van der Waals surface area contributed by atoms with E-state index < -0.39 is 35.3 Å². The number of hydrogen-bond acceptors (Lipinski definition) is 7. The van der Waals surface area contributed by atoms with Crippen molar-refractivity contribution in [3.8, 4) is 17.1 Å². The predicted octanol–water partition coefficient (Wildman–Crippen LogP) is 3.89. The first kappa shape index (κ1) is 21.6. The van der Waals surface area contributed by atoms with Crippen LogP contribution in [0, 0.1) is 17.3 Å². The average molecular weight is 427 g/mol. The van der Waals surface area contributed by atoms with E-state index in [1.807, 2.05) is 6.92 Å². The SMILES string of the molecule is CC(=O)O[C@H]1C[C@@H](C(C)(C)C)C[C@H]2[C@H](O)c3c(cc(-c4cccnc4)oc3=O)O[C@]12C. The van der Waals surface area contributed by atoms with Crippen LogP contribution in [-0.4, -0.2) is 27.8 Å². The third kappa shape index (κ3) is 3.76. The molecule has 2 aromatic heterocycles. The number of aliphatic hydroxyl groups excluding tert-OH is 1. The Hall–Kier alpha value is -2.67. The highest BCUT2D eigenvalue weighted by atomic mass is 16.6. The second kappa shape index (κ2) is 7.48. The van der Waals surface area contributed by atoms with E-state index in [4.69, 9.17) is 13.9 Å². The molecule has 0 unspecified atom stereocenters. The van der Waals surface area contributed by atoms with Gasteiger partial charge in [0.2, 0.25) is 0 Å². The molecule has 4 rings (SSSR count). The van der Waals surface area contributed by atoms with Gasteiger partial charge in [0.1, 0.15) is 28.8 Å². The molecular weight excluding hydrogens is 398 g/mol. The second-order valence-corrected chi connectivity index (χ2v) is 9.89. The summed E-state index contributed by atoms with van der Waals surface area (Å²) in [4.78, 5) is 28.8. The highest BCUT2D eigenvalue weighted by molar-refractivity contribution is 5.66. The lowest BCUT2D eigenvalue weighted by Gasteiger charge is -2.54. The molecule has 2 aliphatic rings. The van der Waals surface area contributed by atoms with E-state index in [9.17, 15) is 14.7 Å². The van der Waals surface area contributed by atoms with Crippen molar-refractivity contribution in [2.24, 2.45) is 17.3 Å². The maximum atomic E-state index is 12.9. The minimum Gasteiger partial charge on any atom is -0.482 e. The molecule has 0 aromatic carbocycles. The van der Waals surface area contributed by atoms with Crippen molar-refractivity contribution < 1.29 is 23.8 Å². The molecule has 1 N–H and O–H groups in total. The van der Waals surface area contributed by atoms with Crippen molar-refractivity contribution in [3.05, 3.63) is 46.6 Å². The van der Waals surface area contributed by atoms with Crippen LogP contribution in [0.25, 0.3) is 11.3 Å². The number of rotatable bonds is 2. The topological polar surface area (TPSA) is 98.9 Å². The van der Waals surface area contributed by atoms with Gasteiger partial charge in [-0.1, -0.05) is 20.8 Å². The third-order valence-corrected chi connectivity index (χ3v) is 6.85. The van der Waals surface area contributed by atoms with Crippen LogP contribution in [0.3, 0.4) is 0 Å². The maximum absolute atomic E-state index is 12.9. The molecule has 1 aliphatic carbocycles. The summed E-state index contributed by atoms with van der Waals surface area (Å²) in [6.45, 7) is 9.62. The minimum atomic E-state index is -1.09.